The summed E-state index contributed by atoms with van der Waals surface area (Å²) in [7, 11) is 0. The lowest BCUT2D eigenvalue weighted by molar-refractivity contribution is 0.0695. The van der Waals surface area contributed by atoms with Gasteiger partial charge >= 0.3 is 5.97 Å². The van der Waals surface area contributed by atoms with Crippen molar-refractivity contribution in [2.75, 3.05) is 11.1 Å². The lowest BCUT2D eigenvalue weighted by Gasteiger charge is -2.08. The van der Waals surface area contributed by atoms with Crippen molar-refractivity contribution in [3.63, 3.8) is 0 Å². The average molecular weight is 349 g/mol. The number of hydrogen-bond acceptors (Lipinski definition) is 3. The fourth-order valence-corrected chi connectivity index (χ4v) is 2.20. The van der Waals surface area contributed by atoms with Crippen LogP contribution in [0.4, 0.5) is 11.4 Å². The predicted octanol–water partition coefficient (Wildman–Crippen LogP) is 3.29. The van der Waals surface area contributed by atoms with Crippen molar-refractivity contribution in [3.05, 3.63) is 57.6 Å². The van der Waals surface area contributed by atoms with E-state index < -0.39 is 5.97 Å². The Morgan fingerprint density at radius 2 is 1.90 bits per heavy atom. The summed E-state index contributed by atoms with van der Waals surface area (Å²) in [6.45, 7) is 1.81. The number of nitrogen functional groups attached to an aromatic ring is 1. The number of halogens is 1. The second kappa shape index (κ2) is 5.97. The zero-order valence-corrected chi connectivity index (χ0v) is 12.8. The molecule has 0 spiro atoms. The molecule has 0 radical (unpaired) electrons. The highest BCUT2D eigenvalue weighted by Crippen LogP contribution is 2.22. The standard InChI is InChI=1S/C15H13BrN2O3/c1-8-6-9(2-5-13(8)17)14(19)18-10-3-4-12(16)11(7-10)15(20)21/h2-7H,17H2,1H3,(H,18,19)(H,20,21). The number of nitrogens with two attached hydrogens (primary N) is 1. The van der Waals surface area contributed by atoms with E-state index in [1.807, 2.05) is 6.92 Å². The number of hydrogen-bond donors (Lipinski definition) is 3. The number of anilines is 2. The molecule has 6 heteroatoms. The molecule has 2 aromatic carbocycles. The van der Waals surface area contributed by atoms with Gasteiger partial charge in [-0.25, -0.2) is 4.79 Å². The van der Waals surface area contributed by atoms with Crippen molar-refractivity contribution in [1.82, 2.24) is 0 Å². The Bertz CT molecular complexity index is 729. The van der Waals surface area contributed by atoms with E-state index in [4.69, 9.17) is 10.8 Å². The molecule has 0 aliphatic heterocycles. The molecule has 0 aromatic heterocycles. The predicted molar refractivity (Wildman–Crippen MR) is 84.6 cm³/mol. The van der Waals surface area contributed by atoms with Crippen LogP contribution in [0.5, 0.6) is 0 Å². The van der Waals surface area contributed by atoms with Crippen molar-refractivity contribution >= 4 is 39.2 Å². The third kappa shape index (κ3) is 3.41. The first-order valence-electron chi connectivity index (χ1n) is 6.09. The second-order valence-corrected chi connectivity index (χ2v) is 5.38. The molecular formula is C15H13BrN2O3. The summed E-state index contributed by atoms with van der Waals surface area (Å²) in [4.78, 5) is 23.2. The third-order valence-electron chi connectivity index (χ3n) is 2.99. The normalized spacial score (nSPS) is 10.2. The monoisotopic (exact) mass is 348 g/mol. The topological polar surface area (TPSA) is 92.4 Å². The van der Waals surface area contributed by atoms with Crippen molar-refractivity contribution in [3.8, 4) is 0 Å². The van der Waals surface area contributed by atoms with Gasteiger partial charge in [-0.3, -0.25) is 4.79 Å². The van der Waals surface area contributed by atoms with Crippen LogP contribution in [0.2, 0.25) is 0 Å². The number of carbonyl (C=O) groups excluding carboxylic acids is 1. The quantitative estimate of drug-likeness (QED) is 0.742. The molecule has 0 aliphatic carbocycles. The number of rotatable bonds is 3. The van der Waals surface area contributed by atoms with Gasteiger partial charge in [0, 0.05) is 21.4 Å². The van der Waals surface area contributed by atoms with E-state index in [2.05, 4.69) is 21.2 Å². The Labute approximate surface area is 129 Å². The highest BCUT2D eigenvalue weighted by atomic mass is 79.9. The molecule has 0 atom stereocenters. The summed E-state index contributed by atoms with van der Waals surface area (Å²) in [5.74, 6) is -1.39. The van der Waals surface area contributed by atoms with E-state index in [9.17, 15) is 9.59 Å². The van der Waals surface area contributed by atoms with E-state index in [0.717, 1.165) is 5.56 Å². The maximum absolute atomic E-state index is 12.1. The molecule has 0 aliphatic rings. The van der Waals surface area contributed by atoms with E-state index in [1.54, 1.807) is 30.3 Å². The van der Waals surface area contributed by atoms with E-state index >= 15 is 0 Å². The van der Waals surface area contributed by atoms with Gasteiger partial charge in [0.25, 0.3) is 5.91 Å². The molecule has 0 saturated heterocycles. The van der Waals surface area contributed by atoms with Crippen molar-refractivity contribution in [2.45, 2.75) is 6.92 Å². The summed E-state index contributed by atoms with van der Waals surface area (Å²) >= 11 is 3.15. The number of carbonyl (C=O) groups is 2. The zero-order valence-electron chi connectivity index (χ0n) is 11.2. The van der Waals surface area contributed by atoms with Gasteiger partial charge in [0.05, 0.1) is 5.56 Å². The highest BCUT2D eigenvalue weighted by Gasteiger charge is 2.12. The first-order chi connectivity index (χ1) is 9.88. The van der Waals surface area contributed by atoms with Crippen LogP contribution in [0.25, 0.3) is 0 Å². The number of carboxylic acids is 1. The second-order valence-electron chi connectivity index (χ2n) is 4.53. The molecule has 0 saturated carbocycles. The van der Waals surface area contributed by atoms with E-state index in [1.165, 1.54) is 6.07 Å². The maximum Gasteiger partial charge on any atom is 0.336 e. The molecular weight excluding hydrogens is 336 g/mol. The minimum atomic E-state index is -1.07. The minimum absolute atomic E-state index is 0.0845. The van der Waals surface area contributed by atoms with Gasteiger partial charge in [-0.2, -0.15) is 0 Å². The Morgan fingerprint density at radius 1 is 1.19 bits per heavy atom. The van der Waals surface area contributed by atoms with Crippen LogP contribution in [0.1, 0.15) is 26.3 Å². The zero-order chi connectivity index (χ0) is 15.6. The van der Waals surface area contributed by atoms with E-state index in [-0.39, 0.29) is 11.5 Å². The van der Waals surface area contributed by atoms with Gasteiger partial charge in [-0.1, -0.05) is 0 Å². The summed E-state index contributed by atoms with van der Waals surface area (Å²) < 4.78 is 0.455. The maximum atomic E-state index is 12.1. The molecule has 108 valence electrons. The average Bonchev–Trinajstić information content (AvgIpc) is 2.43. The van der Waals surface area contributed by atoms with Gasteiger partial charge in [-0.05, 0) is 64.8 Å². The van der Waals surface area contributed by atoms with Gasteiger partial charge in [-0.15, -0.1) is 0 Å². The first-order valence-corrected chi connectivity index (χ1v) is 6.88. The van der Waals surface area contributed by atoms with Crippen LogP contribution < -0.4 is 11.1 Å². The lowest BCUT2D eigenvalue weighted by Crippen LogP contribution is -2.13. The lowest BCUT2D eigenvalue weighted by atomic mass is 10.1. The van der Waals surface area contributed by atoms with Crippen LogP contribution in [-0.4, -0.2) is 17.0 Å². The third-order valence-corrected chi connectivity index (χ3v) is 3.68. The summed E-state index contributed by atoms with van der Waals surface area (Å²) in [5.41, 5.74) is 8.09. The molecule has 21 heavy (non-hydrogen) atoms. The van der Waals surface area contributed by atoms with Crippen LogP contribution in [-0.2, 0) is 0 Å². The Morgan fingerprint density at radius 3 is 2.52 bits per heavy atom. The number of benzene rings is 2. The highest BCUT2D eigenvalue weighted by molar-refractivity contribution is 9.10. The molecule has 0 unspecified atom stereocenters. The number of aromatic carboxylic acids is 1. The summed E-state index contributed by atoms with van der Waals surface area (Å²) in [5, 5.41) is 11.7. The molecule has 2 rings (SSSR count). The summed E-state index contributed by atoms with van der Waals surface area (Å²) in [6.07, 6.45) is 0. The van der Waals surface area contributed by atoms with Crippen LogP contribution >= 0.6 is 15.9 Å². The van der Waals surface area contributed by atoms with Crippen LogP contribution in [0.15, 0.2) is 40.9 Å². The van der Waals surface area contributed by atoms with Crippen molar-refractivity contribution in [1.29, 1.82) is 0 Å². The largest absolute Gasteiger partial charge is 0.478 e. The molecule has 2 aromatic rings. The first kappa shape index (κ1) is 15.1. The van der Waals surface area contributed by atoms with Gasteiger partial charge in [0.1, 0.15) is 0 Å². The van der Waals surface area contributed by atoms with Crippen molar-refractivity contribution in [2.24, 2.45) is 0 Å². The smallest absolute Gasteiger partial charge is 0.336 e. The van der Waals surface area contributed by atoms with Gasteiger partial charge in [0.2, 0.25) is 0 Å². The fourth-order valence-electron chi connectivity index (χ4n) is 1.79. The Balaban J connectivity index is 2.25. The van der Waals surface area contributed by atoms with Gasteiger partial charge < -0.3 is 16.2 Å². The molecule has 4 N–H and O–H groups in total. The SMILES string of the molecule is Cc1cc(C(=O)Nc2ccc(Br)c(C(=O)O)c2)ccc1N. The molecule has 5 nitrogen and oxygen atoms in total. The molecule has 0 fully saturated rings. The summed E-state index contributed by atoms with van der Waals surface area (Å²) in [6, 6.07) is 9.56. The van der Waals surface area contributed by atoms with Gasteiger partial charge in [0.15, 0.2) is 0 Å². The van der Waals surface area contributed by atoms with Crippen LogP contribution in [0, 0.1) is 6.92 Å². The van der Waals surface area contributed by atoms with E-state index in [0.29, 0.717) is 21.4 Å². The Hall–Kier alpha value is -2.34. The molecule has 0 heterocycles. The van der Waals surface area contributed by atoms with Crippen molar-refractivity contribution < 1.29 is 14.7 Å². The number of amides is 1. The molecule has 1 amide bonds. The minimum Gasteiger partial charge on any atom is -0.478 e. The number of carboxylic acid groups (broad SMARTS) is 1. The molecule has 0 bridgehead atoms. The Kier molecular flexibility index (Phi) is 4.28. The number of aryl methyl sites for hydroxylation is 1. The van der Waals surface area contributed by atoms with Crippen LogP contribution in [0.3, 0.4) is 0 Å². The fraction of sp³-hybridized carbons (Fsp3) is 0.0667. The number of nitrogens with one attached hydrogen (secondary N) is 1.